The molecule has 0 aromatic carbocycles. The molecule has 0 aromatic rings. The third-order valence-electron chi connectivity index (χ3n) is 3.05. The highest BCUT2D eigenvalue weighted by atomic mass is 28.4. The standard InChI is InChI=1S/C7H19NOSi.C6H17NOSi/c1-4-9-10(2,3)7-5-6-8;1-8-9(2,3)6-4-5-7/h4-8H2,1-3H3;4-7H2,1-3H3. The van der Waals surface area contributed by atoms with Crippen molar-refractivity contribution in [3.05, 3.63) is 0 Å². The lowest BCUT2D eigenvalue weighted by Gasteiger charge is -2.21. The lowest BCUT2D eigenvalue weighted by molar-refractivity contribution is 0.328. The van der Waals surface area contributed by atoms with E-state index in [-0.39, 0.29) is 0 Å². The molecule has 118 valence electrons. The van der Waals surface area contributed by atoms with Gasteiger partial charge in [0.05, 0.1) is 0 Å². The van der Waals surface area contributed by atoms with E-state index in [9.17, 15) is 0 Å². The third-order valence-corrected chi connectivity index (χ3v) is 8.34. The quantitative estimate of drug-likeness (QED) is 0.643. The predicted octanol–water partition coefficient (Wildman–Crippen LogP) is 2.76. The maximum atomic E-state index is 5.61. The van der Waals surface area contributed by atoms with Crippen LogP contribution in [0.25, 0.3) is 0 Å². The molecule has 6 heteroatoms. The Morgan fingerprint density at radius 3 is 1.58 bits per heavy atom. The van der Waals surface area contributed by atoms with Gasteiger partial charge in [0.25, 0.3) is 0 Å². The lowest BCUT2D eigenvalue weighted by Crippen LogP contribution is -2.30. The van der Waals surface area contributed by atoms with Crippen LogP contribution in [0, 0.1) is 0 Å². The van der Waals surface area contributed by atoms with E-state index in [1.165, 1.54) is 12.1 Å². The van der Waals surface area contributed by atoms with Gasteiger partial charge in [0.2, 0.25) is 0 Å². The molecule has 19 heavy (non-hydrogen) atoms. The average Bonchev–Trinajstić information content (AvgIpc) is 2.35. The van der Waals surface area contributed by atoms with Crippen LogP contribution in [-0.2, 0) is 8.85 Å². The average molecular weight is 309 g/mol. The Kier molecular flexibility index (Phi) is 13.7. The Labute approximate surface area is 122 Å². The normalized spacial score (nSPS) is 12.0. The van der Waals surface area contributed by atoms with Gasteiger partial charge in [-0.1, -0.05) is 0 Å². The van der Waals surface area contributed by atoms with Crippen molar-refractivity contribution in [3.8, 4) is 0 Å². The van der Waals surface area contributed by atoms with Crippen LogP contribution in [-0.4, -0.2) is 43.4 Å². The number of hydrogen-bond acceptors (Lipinski definition) is 4. The summed E-state index contributed by atoms with van der Waals surface area (Å²) in [5.74, 6) is 0. The first-order valence-electron chi connectivity index (χ1n) is 7.34. The largest absolute Gasteiger partial charge is 0.420 e. The molecule has 0 spiro atoms. The van der Waals surface area contributed by atoms with Gasteiger partial charge in [0.1, 0.15) is 0 Å². The van der Waals surface area contributed by atoms with Crippen molar-refractivity contribution >= 4 is 16.6 Å². The fraction of sp³-hybridized carbons (Fsp3) is 1.00. The molecule has 4 nitrogen and oxygen atoms in total. The Bertz CT molecular complexity index is 203. The minimum Gasteiger partial charge on any atom is -0.420 e. The summed E-state index contributed by atoms with van der Waals surface area (Å²) < 4.78 is 10.9. The van der Waals surface area contributed by atoms with Crippen molar-refractivity contribution in [2.45, 2.75) is 58.0 Å². The summed E-state index contributed by atoms with van der Waals surface area (Å²) in [6.07, 6.45) is 2.21. The maximum absolute atomic E-state index is 5.61. The summed E-state index contributed by atoms with van der Waals surface area (Å²) in [6.45, 7) is 13.4. The molecule has 0 aliphatic rings. The second-order valence-corrected chi connectivity index (χ2v) is 14.7. The summed E-state index contributed by atoms with van der Waals surface area (Å²) >= 11 is 0. The molecule has 0 bridgehead atoms. The van der Waals surface area contributed by atoms with E-state index >= 15 is 0 Å². The van der Waals surface area contributed by atoms with Gasteiger partial charge in [0.15, 0.2) is 16.6 Å². The van der Waals surface area contributed by atoms with Crippen molar-refractivity contribution < 1.29 is 8.85 Å². The molecule has 0 aliphatic carbocycles. The molecule has 0 rings (SSSR count). The first kappa shape index (κ1) is 21.6. The molecular weight excluding hydrogens is 272 g/mol. The van der Waals surface area contributed by atoms with Crippen molar-refractivity contribution in [3.63, 3.8) is 0 Å². The van der Waals surface area contributed by atoms with Gasteiger partial charge in [-0.3, -0.25) is 0 Å². The Morgan fingerprint density at radius 1 is 0.842 bits per heavy atom. The van der Waals surface area contributed by atoms with E-state index in [0.29, 0.717) is 0 Å². The van der Waals surface area contributed by atoms with E-state index in [1.54, 1.807) is 7.11 Å². The van der Waals surface area contributed by atoms with Crippen molar-refractivity contribution in [1.82, 2.24) is 0 Å². The summed E-state index contributed by atoms with van der Waals surface area (Å²) in [4.78, 5) is 0. The molecule has 0 amide bonds. The molecular formula is C13H36N2O2Si2. The van der Waals surface area contributed by atoms with Crippen LogP contribution in [0.1, 0.15) is 19.8 Å². The van der Waals surface area contributed by atoms with Crippen LogP contribution in [0.2, 0.25) is 38.3 Å². The van der Waals surface area contributed by atoms with E-state index in [0.717, 1.165) is 32.5 Å². The minimum absolute atomic E-state index is 0.791. The second-order valence-electron chi connectivity index (χ2n) is 5.94. The van der Waals surface area contributed by atoms with Crippen LogP contribution >= 0.6 is 0 Å². The van der Waals surface area contributed by atoms with E-state index in [1.807, 2.05) is 0 Å². The Hall–Kier alpha value is 0.274. The summed E-state index contributed by atoms with van der Waals surface area (Å²) in [6, 6.07) is 2.37. The number of rotatable bonds is 9. The van der Waals surface area contributed by atoms with Gasteiger partial charge < -0.3 is 20.3 Å². The van der Waals surface area contributed by atoms with Crippen LogP contribution < -0.4 is 11.5 Å². The van der Waals surface area contributed by atoms with E-state index in [4.69, 9.17) is 20.3 Å². The van der Waals surface area contributed by atoms with E-state index in [2.05, 4.69) is 33.1 Å². The Balaban J connectivity index is 0. The summed E-state index contributed by atoms with van der Waals surface area (Å²) in [7, 11) is -0.788. The highest BCUT2D eigenvalue weighted by Gasteiger charge is 2.20. The fourth-order valence-corrected chi connectivity index (χ4v) is 4.86. The van der Waals surface area contributed by atoms with Gasteiger partial charge in [0, 0.05) is 13.7 Å². The monoisotopic (exact) mass is 308 g/mol. The van der Waals surface area contributed by atoms with Crippen molar-refractivity contribution in [2.75, 3.05) is 26.8 Å². The van der Waals surface area contributed by atoms with Crippen LogP contribution in [0.5, 0.6) is 0 Å². The zero-order valence-corrected chi connectivity index (χ0v) is 15.9. The third kappa shape index (κ3) is 16.2. The molecule has 4 N–H and O–H groups in total. The molecule has 0 atom stereocenters. The molecule has 0 radical (unpaired) electrons. The summed E-state index contributed by atoms with van der Waals surface area (Å²) in [5, 5.41) is 0. The van der Waals surface area contributed by atoms with Crippen molar-refractivity contribution in [1.29, 1.82) is 0 Å². The van der Waals surface area contributed by atoms with E-state index < -0.39 is 16.6 Å². The summed E-state index contributed by atoms with van der Waals surface area (Å²) in [5.41, 5.74) is 10.8. The SMILES string of the molecule is CCO[Si](C)(C)CCCN.CO[Si](C)(C)CCCN. The lowest BCUT2D eigenvalue weighted by atomic mass is 10.5. The first-order chi connectivity index (χ1) is 8.74. The molecule has 0 saturated carbocycles. The van der Waals surface area contributed by atoms with Gasteiger partial charge in [-0.15, -0.1) is 0 Å². The zero-order valence-electron chi connectivity index (χ0n) is 13.9. The topological polar surface area (TPSA) is 70.5 Å². The molecule has 0 aromatic heterocycles. The minimum atomic E-state index is -1.30. The second kappa shape index (κ2) is 12.0. The van der Waals surface area contributed by atoms with Gasteiger partial charge in [-0.25, -0.2) is 0 Å². The zero-order chi connectivity index (χ0) is 15.4. The van der Waals surface area contributed by atoms with Gasteiger partial charge in [-0.2, -0.15) is 0 Å². The first-order valence-corrected chi connectivity index (χ1v) is 13.6. The van der Waals surface area contributed by atoms with Crippen LogP contribution in [0.3, 0.4) is 0 Å². The van der Waals surface area contributed by atoms with Crippen molar-refractivity contribution in [2.24, 2.45) is 11.5 Å². The fourth-order valence-electron chi connectivity index (χ4n) is 1.62. The molecule has 0 aliphatic heterocycles. The molecule has 0 heterocycles. The maximum Gasteiger partial charge on any atom is 0.186 e. The van der Waals surface area contributed by atoms with Crippen LogP contribution in [0.15, 0.2) is 0 Å². The molecule has 0 fully saturated rings. The smallest absolute Gasteiger partial charge is 0.186 e. The predicted molar refractivity (Wildman–Crippen MR) is 90.6 cm³/mol. The molecule has 0 unspecified atom stereocenters. The van der Waals surface area contributed by atoms with Gasteiger partial charge >= 0.3 is 0 Å². The van der Waals surface area contributed by atoms with Gasteiger partial charge in [-0.05, 0) is 71.1 Å². The number of nitrogens with two attached hydrogens (primary N) is 2. The highest BCUT2D eigenvalue weighted by Crippen LogP contribution is 2.12. The highest BCUT2D eigenvalue weighted by molar-refractivity contribution is 6.71. The number of hydrogen-bond donors (Lipinski definition) is 2. The Morgan fingerprint density at radius 2 is 1.26 bits per heavy atom. The molecule has 0 saturated heterocycles. The van der Waals surface area contributed by atoms with Crippen LogP contribution in [0.4, 0.5) is 0 Å².